The third kappa shape index (κ3) is 2.24. The van der Waals surface area contributed by atoms with E-state index in [1.54, 1.807) is 31.2 Å². The van der Waals surface area contributed by atoms with Crippen molar-refractivity contribution in [2.75, 3.05) is 13.1 Å². The predicted molar refractivity (Wildman–Crippen MR) is 134 cm³/mol. The van der Waals surface area contributed by atoms with Gasteiger partial charge in [0.25, 0.3) is 23.6 Å². The molecule has 0 unspecified atom stereocenters. The lowest BCUT2D eigenvalue weighted by Gasteiger charge is -2.29. The fraction of sp³-hybridized carbons (Fsp3) is 0.172. The molecular weight excluding hydrogens is 440 g/mol. The van der Waals surface area contributed by atoms with Gasteiger partial charge in [0, 0.05) is 46.1 Å². The molecule has 0 fully saturated rings. The summed E-state index contributed by atoms with van der Waals surface area (Å²) < 4.78 is 0. The lowest BCUT2D eigenvalue weighted by molar-refractivity contribution is 0.0599. The number of rotatable bonds is 3. The van der Waals surface area contributed by atoms with Crippen LogP contribution in [0.1, 0.15) is 61.7 Å². The summed E-state index contributed by atoms with van der Waals surface area (Å²) in [6, 6.07) is 14.9. The topological polar surface area (TPSA) is 74.8 Å². The summed E-state index contributed by atoms with van der Waals surface area (Å²) in [5, 5.41) is 6.71. The molecule has 0 aliphatic carbocycles. The van der Waals surface area contributed by atoms with Gasteiger partial charge in [0.05, 0.1) is 0 Å². The van der Waals surface area contributed by atoms with Crippen molar-refractivity contribution >= 4 is 66.7 Å². The van der Waals surface area contributed by atoms with E-state index in [2.05, 4.69) is 0 Å². The molecule has 0 spiro atoms. The van der Waals surface area contributed by atoms with Gasteiger partial charge in [-0.15, -0.1) is 0 Å². The van der Waals surface area contributed by atoms with Crippen molar-refractivity contribution in [1.82, 2.24) is 9.80 Å². The Labute approximate surface area is 200 Å². The van der Waals surface area contributed by atoms with E-state index < -0.39 is 0 Å². The molecule has 0 aromatic heterocycles. The van der Waals surface area contributed by atoms with E-state index in [1.165, 1.54) is 9.80 Å². The first kappa shape index (κ1) is 20.1. The van der Waals surface area contributed by atoms with Gasteiger partial charge in [0.15, 0.2) is 0 Å². The fourth-order valence-corrected chi connectivity index (χ4v) is 6.08. The zero-order valence-corrected chi connectivity index (χ0v) is 19.3. The van der Waals surface area contributed by atoms with Crippen molar-refractivity contribution in [3.05, 3.63) is 70.8 Å². The summed E-state index contributed by atoms with van der Waals surface area (Å²) in [5.41, 5.74) is 2.12. The maximum absolute atomic E-state index is 13.3. The Morgan fingerprint density at radius 3 is 1.14 bits per heavy atom. The van der Waals surface area contributed by atoms with E-state index in [0.29, 0.717) is 52.5 Å². The summed E-state index contributed by atoms with van der Waals surface area (Å²) in [4.78, 5) is 55.4. The van der Waals surface area contributed by atoms with Crippen molar-refractivity contribution in [2.45, 2.75) is 20.3 Å². The number of hydrogen-bond acceptors (Lipinski definition) is 4. The minimum Gasteiger partial charge on any atom is -0.275 e. The maximum atomic E-state index is 13.3. The Morgan fingerprint density at radius 2 is 0.829 bits per heavy atom. The second-order valence-electron chi connectivity index (χ2n) is 9.26. The Morgan fingerprint density at radius 1 is 0.486 bits per heavy atom. The first-order chi connectivity index (χ1) is 17.0. The van der Waals surface area contributed by atoms with Gasteiger partial charge in [0.1, 0.15) is 0 Å². The average Bonchev–Trinajstić information content (AvgIpc) is 2.87. The van der Waals surface area contributed by atoms with Crippen molar-refractivity contribution in [2.24, 2.45) is 0 Å². The molecular formula is C29H20N2O4. The number of imide groups is 2. The van der Waals surface area contributed by atoms with Crippen LogP contribution in [-0.2, 0) is 0 Å². The Kier molecular flexibility index (Phi) is 3.81. The molecule has 0 saturated heterocycles. The third-order valence-electron chi connectivity index (χ3n) is 7.57. The molecule has 4 amide bonds. The maximum Gasteiger partial charge on any atom is 0.261 e. The van der Waals surface area contributed by atoms with Gasteiger partial charge in [-0.3, -0.25) is 29.0 Å². The van der Waals surface area contributed by atoms with E-state index in [-0.39, 0.29) is 23.6 Å². The Balaban J connectivity index is 1.66. The van der Waals surface area contributed by atoms with Crippen LogP contribution in [0.15, 0.2) is 48.5 Å². The van der Waals surface area contributed by atoms with Crippen LogP contribution in [0.25, 0.3) is 43.1 Å². The van der Waals surface area contributed by atoms with Gasteiger partial charge >= 0.3 is 0 Å². The zero-order valence-electron chi connectivity index (χ0n) is 19.3. The number of amides is 4. The van der Waals surface area contributed by atoms with Gasteiger partial charge in [-0.25, -0.2) is 0 Å². The minimum absolute atomic E-state index is 0.264. The van der Waals surface area contributed by atoms with Crippen molar-refractivity contribution in [1.29, 1.82) is 0 Å². The Hall–Kier alpha value is -4.32. The van der Waals surface area contributed by atoms with Crippen LogP contribution in [-0.4, -0.2) is 46.5 Å². The van der Waals surface area contributed by atoms with E-state index in [9.17, 15) is 19.2 Å². The summed E-state index contributed by atoms with van der Waals surface area (Å²) in [6.07, 6.45) is 0.694. The monoisotopic (exact) mass is 460 g/mol. The quantitative estimate of drug-likeness (QED) is 0.206. The highest BCUT2D eigenvalue weighted by Crippen LogP contribution is 2.46. The van der Waals surface area contributed by atoms with Crippen molar-refractivity contribution < 1.29 is 19.2 Å². The molecule has 5 aromatic carbocycles. The number of benzene rings is 5. The first-order valence-electron chi connectivity index (χ1n) is 11.9. The van der Waals surface area contributed by atoms with E-state index in [1.807, 2.05) is 31.2 Å². The van der Waals surface area contributed by atoms with Gasteiger partial charge < -0.3 is 0 Å². The second kappa shape index (κ2) is 6.63. The summed E-state index contributed by atoms with van der Waals surface area (Å²) in [7, 11) is 0. The molecule has 2 heterocycles. The molecule has 6 nitrogen and oxygen atoms in total. The molecule has 35 heavy (non-hydrogen) atoms. The number of hydrogen-bond donors (Lipinski definition) is 0. The third-order valence-corrected chi connectivity index (χ3v) is 7.57. The highest BCUT2D eigenvalue weighted by atomic mass is 16.2. The van der Waals surface area contributed by atoms with Crippen LogP contribution in [0.2, 0.25) is 0 Å². The smallest absolute Gasteiger partial charge is 0.261 e. The highest BCUT2D eigenvalue weighted by molar-refractivity contribution is 6.41. The number of nitrogens with zero attached hydrogens (tertiary/aromatic N) is 2. The van der Waals surface area contributed by atoms with Crippen LogP contribution in [0, 0.1) is 0 Å². The molecule has 5 aromatic rings. The molecule has 2 aliphatic heterocycles. The molecule has 2 aliphatic rings. The molecule has 7 rings (SSSR count). The van der Waals surface area contributed by atoms with E-state index in [4.69, 9.17) is 0 Å². The second-order valence-corrected chi connectivity index (χ2v) is 9.26. The molecule has 0 radical (unpaired) electrons. The highest BCUT2D eigenvalue weighted by Gasteiger charge is 2.36. The molecule has 6 heteroatoms. The summed E-state index contributed by atoms with van der Waals surface area (Å²) in [5.74, 6) is -1.09. The molecule has 0 atom stereocenters. The standard InChI is InChI=1S/C29H20N2O4/c1-3-13-31-28(34)20-11-7-16-14-5-9-18-24-19(27(33)30(4-2)26(18)32)10-6-15(22(14)24)17-8-12-21(29(31)35)25(20)23(16)17/h5-12H,3-4,13H2,1-2H3. The van der Waals surface area contributed by atoms with Gasteiger partial charge in [-0.1, -0.05) is 31.2 Å². The Bertz CT molecular complexity index is 1710. The van der Waals surface area contributed by atoms with Crippen molar-refractivity contribution in [3.8, 4) is 0 Å². The number of fused-ring (bicyclic) bond motifs is 2. The van der Waals surface area contributed by atoms with Gasteiger partial charge in [0.2, 0.25) is 0 Å². The van der Waals surface area contributed by atoms with Crippen LogP contribution in [0.4, 0.5) is 0 Å². The molecule has 0 saturated carbocycles. The van der Waals surface area contributed by atoms with Crippen LogP contribution < -0.4 is 0 Å². The molecule has 170 valence electrons. The predicted octanol–water partition coefficient (Wildman–Crippen LogP) is 5.36. The lowest BCUT2D eigenvalue weighted by atomic mass is 9.82. The largest absolute Gasteiger partial charge is 0.275 e. The number of carbonyl (C=O) groups excluding carboxylic acids is 4. The average molecular weight is 460 g/mol. The van der Waals surface area contributed by atoms with Crippen molar-refractivity contribution in [3.63, 3.8) is 0 Å². The van der Waals surface area contributed by atoms with Crippen LogP contribution in [0.5, 0.6) is 0 Å². The van der Waals surface area contributed by atoms with E-state index >= 15 is 0 Å². The van der Waals surface area contributed by atoms with Crippen LogP contribution >= 0.6 is 0 Å². The summed E-state index contributed by atoms with van der Waals surface area (Å²) >= 11 is 0. The fourth-order valence-electron chi connectivity index (χ4n) is 6.08. The minimum atomic E-state index is -0.281. The normalized spacial score (nSPS) is 15.6. The molecule has 0 N–H and O–H groups in total. The van der Waals surface area contributed by atoms with Crippen LogP contribution in [0.3, 0.4) is 0 Å². The number of carbonyl (C=O) groups is 4. The first-order valence-corrected chi connectivity index (χ1v) is 11.9. The lowest BCUT2D eigenvalue weighted by Crippen LogP contribution is -2.40. The SMILES string of the molecule is CCCN1C(=O)c2ccc3c4ccc5c6c(ccc(c7ccc(c2c37)C1=O)c64)C(=O)N(CC)C5=O. The molecule has 0 bridgehead atoms. The zero-order chi connectivity index (χ0) is 24.2. The summed E-state index contributed by atoms with van der Waals surface area (Å²) in [6.45, 7) is 4.43. The van der Waals surface area contributed by atoms with E-state index in [0.717, 1.165) is 32.3 Å². The van der Waals surface area contributed by atoms with Gasteiger partial charge in [-0.05, 0) is 69.9 Å². The van der Waals surface area contributed by atoms with Gasteiger partial charge in [-0.2, -0.15) is 0 Å².